The SMILES string of the molecule is OCCNc1ccc2nnnc(Nc3cccc(OC(F)(F)F)c3)c2n1. The molecule has 0 radical (unpaired) electrons. The maximum Gasteiger partial charge on any atom is 0.573 e. The summed E-state index contributed by atoms with van der Waals surface area (Å²) in [5.74, 6) is 0.331. The summed E-state index contributed by atoms with van der Waals surface area (Å²) in [6.45, 7) is 0.244. The number of nitrogens with zero attached hydrogens (tertiary/aromatic N) is 4. The number of nitrogens with one attached hydrogen (secondary N) is 2. The molecule has 0 atom stereocenters. The van der Waals surface area contributed by atoms with E-state index in [0.717, 1.165) is 0 Å². The quantitative estimate of drug-likeness (QED) is 0.611. The zero-order valence-corrected chi connectivity index (χ0v) is 13.2. The summed E-state index contributed by atoms with van der Waals surface area (Å²) in [7, 11) is 0. The molecule has 3 aromatic rings. The first kappa shape index (κ1) is 17.6. The maximum absolute atomic E-state index is 12.3. The predicted octanol–water partition coefficient (Wildman–Crippen LogP) is 2.47. The number of pyridine rings is 1. The highest BCUT2D eigenvalue weighted by molar-refractivity contribution is 5.87. The van der Waals surface area contributed by atoms with Crippen molar-refractivity contribution < 1.29 is 23.0 Å². The molecular formula is C15H13F3N6O2. The van der Waals surface area contributed by atoms with Gasteiger partial charge in [-0.15, -0.1) is 23.4 Å². The van der Waals surface area contributed by atoms with Crippen LogP contribution in [0.15, 0.2) is 36.4 Å². The molecule has 0 unspecified atom stereocenters. The number of halogens is 3. The molecule has 0 aliphatic carbocycles. The van der Waals surface area contributed by atoms with Gasteiger partial charge in [0.05, 0.1) is 6.61 Å². The first-order valence-corrected chi connectivity index (χ1v) is 7.42. The molecule has 0 saturated carbocycles. The Morgan fingerprint density at radius 1 is 1.12 bits per heavy atom. The van der Waals surface area contributed by atoms with Gasteiger partial charge in [0.15, 0.2) is 5.82 Å². The Morgan fingerprint density at radius 3 is 2.73 bits per heavy atom. The number of ether oxygens (including phenoxy) is 1. The number of aliphatic hydroxyl groups excluding tert-OH is 1. The standard InChI is InChI=1S/C15H13F3N6O2/c16-15(17,18)26-10-3-1-2-9(8-10)20-14-13-11(22-24-23-14)4-5-12(21-13)19-6-7-25/h1-5,8,25H,6-7H2,(H,19,21)(H,20,22,23). The number of aromatic nitrogens is 4. The number of hydrogen-bond donors (Lipinski definition) is 3. The lowest BCUT2D eigenvalue weighted by Gasteiger charge is -2.11. The van der Waals surface area contributed by atoms with Crippen LogP contribution in [0.2, 0.25) is 0 Å². The van der Waals surface area contributed by atoms with E-state index in [1.807, 2.05) is 0 Å². The number of benzene rings is 1. The molecule has 0 spiro atoms. The maximum atomic E-state index is 12.3. The van der Waals surface area contributed by atoms with Crippen LogP contribution in [-0.4, -0.2) is 45.0 Å². The fraction of sp³-hybridized carbons (Fsp3) is 0.200. The molecule has 8 nitrogen and oxygen atoms in total. The molecule has 0 fully saturated rings. The summed E-state index contributed by atoms with van der Waals surface area (Å²) in [6.07, 6.45) is -4.78. The van der Waals surface area contributed by atoms with Gasteiger partial charge in [0.1, 0.15) is 22.6 Å². The van der Waals surface area contributed by atoms with E-state index < -0.39 is 6.36 Å². The molecule has 2 aromatic heterocycles. The highest BCUT2D eigenvalue weighted by Gasteiger charge is 2.31. The first-order valence-electron chi connectivity index (χ1n) is 7.42. The lowest BCUT2D eigenvalue weighted by atomic mass is 10.3. The smallest absolute Gasteiger partial charge is 0.406 e. The molecule has 2 heterocycles. The van der Waals surface area contributed by atoms with Crippen molar-refractivity contribution in [3.05, 3.63) is 36.4 Å². The Morgan fingerprint density at radius 2 is 1.96 bits per heavy atom. The lowest BCUT2D eigenvalue weighted by Crippen LogP contribution is -2.17. The average Bonchev–Trinajstić information content (AvgIpc) is 2.59. The van der Waals surface area contributed by atoms with Crippen LogP contribution in [0.25, 0.3) is 11.0 Å². The third-order valence-corrected chi connectivity index (χ3v) is 3.14. The average molecular weight is 366 g/mol. The number of anilines is 3. The van der Waals surface area contributed by atoms with Crippen molar-refractivity contribution >= 4 is 28.4 Å². The molecule has 3 rings (SSSR count). The minimum absolute atomic E-state index is 0.0658. The van der Waals surface area contributed by atoms with Gasteiger partial charge < -0.3 is 20.5 Å². The summed E-state index contributed by atoms with van der Waals surface area (Å²) >= 11 is 0. The minimum atomic E-state index is -4.78. The minimum Gasteiger partial charge on any atom is -0.406 e. The predicted molar refractivity (Wildman–Crippen MR) is 87.1 cm³/mol. The van der Waals surface area contributed by atoms with Crippen LogP contribution >= 0.6 is 0 Å². The molecule has 0 amide bonds. The van der Waals surface area contributed by atoms with Crippen molar-refractivity contribution in [3.8, 4) is 5.75 Å². The van der Waals surface area contributed by atoms with Crippen LogP contribution in [-0.2, 0) is 0 Å². The van der Waals surface area contributed by atoms with E-state index >= 15 is 0 Å². The van der Waals surface area contributed by atoms with Gasteiger partial charge in [-0.25, -0.2) is 4.98 Å². The van der Waals surface area contributed by atoms with E-state index in [1.165, 1.54) is 18.2 Å². The van der Waals surface area contributed by atoms with E-state index in [2.05, 4.69) is 35.8 Å². The van der Waals surface area contributed by atoms with Gasteiger partial charge in [-0.05, 0) is 29.5 Å². The van der Waals surface area contributed by atoms with Crippen LogP contribution in [0.1, 0.15) is 0 Å². The van der Waals surface area contributed by atoms with Gasteiger partial charge >= 0.3 is 6.36 Å². The summed E-state index contributed by atoms with van der Waals surface area (Å²) in [5, 5.41) is 25.9. The van der Waals surface area contributed by atoms with Crippen LogP contribution < -0.4 is 15.4 Å². The monoisotopic (exact) mass is 366 g/mol. The second-order valence-electron chi connectivity index (χ2n) is 5.05. The summed E-state index contributed by atoms with van der Waals surface area (Å²) in [4.78, 5) is 4.33. The van der Waals surface area contributed by atoms with Crippen molar-refractivity contribution in [1.29, 1.82) is 0 Å². The largest absolute Gasteiger partial charge is 0.573 e. The molecule has 0 saturated heterocycles. The number of rotatable bonds is 6. The topological polar surface area (TPSA) is 105 Å². The van der Waals surface area contributed by atoms with Gasteiger partial charge in [-0.3, -0.25) is 0 Å². The van der Waals surface area contributed by atoms with Gasteiger partial charge in [0.25, 0.3) is 0 Å². The van der Waals surface area contributed by atoms with Gasteiger partial charge in [-0.1, -0.05) is 6.07 Å². The van der Waals surface area contributed by atoms with E-state index in [1.54, 1.807) is 18.2 Å². The Labute approximate surface area is 145 Å². The first-order chi connectivity index (χ1) is 12.4. The molecule has 1 aromatic carbocycles. The second kappa shape index (κ2) is 7.35. The Balaban J connectivity index is 1.89. The van der Waals surface area contributed by atoms with Gasteiger partial charge in [0, 0.05) is 18.3 Å². The molecular weight excluding hydrogens is 353 g/mol. The number of alkyl halides is 3. The highest BCUT2D eigenvalue weighted by Crippen LogP contribution is 2.27. The third-order valence-electron chi connectivity index (χ3n) is 3.14. The van der Waals surface area contributed by atoms with E-state index in [-0.39, 0.29) is 18.2 Å². The Bertz CT molecular complexity index is 906. The molecule has 11 heteroatoms. The summed E-state index contributed by atoms with van der Waals surface area (Å²) < 4.78 is 40.9. The van der Waals surface area contributed by atoms with Crippen LogP contribution in [0.3, 0.4) is 0 Å². The molecule has 136 valence electrons. The van der Waals surface area contributed by atoms with Crippen molar-refractivity contribution in [1.82, 2.24) is 20.4 Å². The van der Waals surface area contributed by atoms with E-state index in [4.69, 9.17) is 5.11 Å². The lowest BCUT2D eigenvalue weighted by molar-refractivity contribution is -0.274. The normalized spacial score (nSPS) is 11.4. The van der Waals surface area contributed by atoms with Crippen LogP contribution in [0, 0.1) is 0 Å². The molecule has 0 aliphatic rings. The van der Waals surface area contributed by atoms with Gasteiger partial charge in [0.2, 0.25) is 0 Å². The Kier molecular flexibility index (Phi) is 4.98. The third kappa shape index (κ3) is 4.45. The zero-order chi connectivity index (χ0) is 18.6. The van der Waals surface area contributed by atoms with Gasteiger partial charge in [-0.2, -0.15) is 0 Å². The highest BCUT2D eigenvalue weighted by atomic mass is 19.4. The molecule has 0 aliphatic heterocycles. The molecule has 0 bridgehead atoms. The molecule has 3 N–H and O–H groups in total. The molecule has 26 heavy (non-hydrogen) atoms. The van der Waals surface area contributed by atoms with Crippen molar-refractivity contribution in [2.24, 2.45) is 0 Å². The van der Waals surface area contributed by atoms with Crippen molar-refractivity contribution in [3.63, 3.8) is 0 Å². The summed E-state index contributed by atoms with van der Waals surface area (Å²) in [6, 6.07) is 8.63. The zero-order valence-electron chi connectivity index (χ0n) is 13.2. The van der Waals surface area contributed by atoms with Crippen LogP contribution in [0.4, 0.5) is 30.5 Å². The fourth-order valence-corrected chi connectivity index (χ4v) is 2.14. The van der Waals surface area contributed by atoms with Crippen LogP contribution in [0.5, 0.6) is 5.75 Å². The number of fused-ring (bicyclic) bond motifs is 1. The fourth-order valence-electron chi connectivity index (χ4n) is 2.14. The summed E-state index contributed by atoms with van der Waals surface area (Å²) in [5.41, 5.74) is 1.12. The van der Waals surface area contributed by atoms with Crippen molar-refractivity contribution in [2.75, 3.05) is 23.8 Å². The Hall–Kier alpha value is -3.21. The van der Waals surface area contributed by atoms with E-state index in [9.17, 15) is 13.2 Å². The number of aliphatic hydroxyl groups is 1. The van der Waals surface area contributed by atoms with E-state index in [0.29, 0.717) is 29.1 Å². The second-order valence-corrected chi connectivity index (χ2v) is 5.05. The number of hydrogen-bond acceptors (Lipinski definition) is 8. The van der Waals surface area contributed by atoms with Crippen molar-refractivity contribution in [2.45, 2.75) is 6.36 Å².